The molecule has 0 saturated carbocycles. The third-order valence-electron chi connectivity index (χ3n) is 4.71. The number of alkyl halides is 6. The number of carbonyl (C=O) groups is 1. The summed E-state index contributed by atoms with van der Waals surface area (Å²) in [6.45, 7) is 3.17. The van der Waals surface area contributed by atoms with E-state index in [-0.39, 0.29) is 17.2 Å². The van der Waals surface area contributed by atoms with Gasteiger partial charge in [-0.1, -0.05) is 0 Å². The van der Waals surface area contributed by atoms with Gasteiger partial charge in [0.25, 0.3) is 5.91 Å². The molecule has 1 aromatic heterocycles. The van der Waals surface area contributed by atoms with Crippen molar-refractivity contribution in [2.45, 2.75) is 26.4 Å². The fraction of sp³-hybridized carbons (Fsp3) is 0.217. The van der Waals surface area contributed by atoms with E-state index in [1.807, 2.05) is 0 Å². The lowest BCUT2D eigenvalue weighted by Crippen LogP contribution is -2.19. The number of amides is 1. The standard InChI is InChI=1S/C23H17F7N2O4/c1-11-10-31-12(2)8-15(11)32-21(33)19-17(7-5-14(20(19)24)22(25,26)27)35-16-6-4-13(9-18(16)34-3)36-23(28,29)30/h4-10H,1-3H3,(H,31,32,33). The van der Waals surface area contributed by atoms with E-state index in [0.29, 0.717) is 23.4 Å². The summed E-state index contributed by atoms with van der Waals surface area (Å²) in [7, 11) is 1.08. The lowest BCUT2D eigenvalue weighted by molar-refractivity contribution is -0.274. The molecule has 0 saturated heterocycles. The first kappa shape index (κ1) is 26.6. The smallest absolute Gasteiger partial charge is 0.493 e. The minimum atomic E-state index is -5.13. The van der Waals surface area contributed by atoms with Gasteiger partial charge in [0.1, 0.15) is 17.1 Å². The zero-order valence-corrected chi connectivity index (χ0v) is 18.8. The third-order valence-corrected chi connectivity index (χ3v) is 4.71. The lowest BCUT2D eigenvalue weighted by atomic mass is 10.1. The Labute approximate surface area is 199 Å². The van der Waals surface area contributed by atoms with E-state index in [2.05, 4.69) is 15.0 Å². The molecule has 0 fully saturated rings. The van der Waals surface area contributed by atoms with Crippen molar-refractivity contribution in [1.29, 1.82) is 0 Å². The van der Waals surface area contributed by atoms with Crippen LogP contribution in [0.1, 0.15) is 27.2 Å². The van der Waals surface area contributed by atoms with Crippen molar-refractivity contribution >= 4 is 11.6 Å². The average molecular weight is 518 g/mol. The largest absolute Gasteiger partial charge is 0.573 e. The van der Waals surface area contributed by atoms with Gasteiger partial charge in [-0.3, -0.25) is 9.78 Å². The molecule has 1 amide bonds. The van der Waals surface area contributed by atoms with Crippen molar-refractivity contribution in [3.63, 3.8) is 0 Å². The molecule has 0 radical (unpaired) electrons. The monoisotopic (exact) mass is 518 g/mol. The molecule has 0 aliphatic rings. The molecule has 36 heavy (non-hydrogen) atoms. The van der Waals surface area contributed by atoms with Crippen molar-refractivity contribution in [1.82, 2.24) is 4.98 Å². The Balaban J connectivity index is 2.07. The van der Waals surface area contributed by atoms with E-state index >= 15 is 4.39 Å². The second-order valence-corrected chi connectivity index (χ2v) is 7.36. The predicted octanol–water partition coefficient (Wildman–Crippen LogP) is 6.81. The van der Waals surface area contributed by atoms with Crippen LogP contribution in [-0.2, 0) is 6.18 Å². The topological polar surface area (TPSA) is 69.7 Å². The van der Waals surface area contributed by atoms with Crippen LogP contribution in [0.5, 0.6) is 23.0 Å². The van der Waals surface area contributed by atoms with Crippen LogP contribution in [0.2, 0.25) is 0 Å². The van der Waals surface area contributed by atoms with Gasteiger partial charge in [0.05, 0.1) is 12.7 Å². The number of pyridine rings is 1. The summed E-state index contributed by atoms with van der Waals surface area (Å²) in [6, 6.07) is 5.11. The van der Waals surface area contributed by atoms with Crippen LogP contribution >= 0.6 is 0 Å². The highest BCUT2D eigenvalue weighted by molar-refractivity contribution is 6.07. The van der Waals surface area contributed by atoms with E-state index in [0.717, 1.165) is 25.3 Å². The Hall–Kier alpha value is -4.03. The van der Waals surface area contributed by atoms with E-state index in [1.165, 1.54) is 12.3 Å². The average Bonchev–Trinajstić information content (AvgIpc) is 2.75. The molecule has 0 spiro atoms. The second-order valence-electron chi connectivity index (χ2n) is 7.36. The van der Waals surface area contributed by atoms with Gasteiger partial charge in [-0.2, -0.15) is 13.2 Å². The number of anilines is 1. The van der Waals surface area contributed by atoms with Gasteiger partial charge in [0, 0.05) is 23.6 Å². The lowest BCUT2D eigenvalue weighted by Gasteiger charge is -2.18. The predicted molar refractivity (Wildman–Crippen MR) is 113 cm³/mol. The molecule has 1 N–H and O–H groups in total. The first-order chi connectivity index (χ1) is 16.7. The number of nitrogens with one attached hydrogen (secondary N) is 1. The van der Waals surface area contributed by atoms with E-state index in [9.17, 15) is 31.1 Å². The van der Waals surface area contributed by atoms with Crippen LogP contribution in [0.15, 0.2) is 42.6 Å². The van der Waals surface area contributed by atoms with Crippen molar-refractivity contribution in [3.8, 4) is 23.0 Å². The Morgan fingerprint density at radius 2 is 1.61 bits per heavy atom. The molecule has 3 aromatic rings. The fourth-order valence-corrected chi connectivity index (χ4v) is 3.07. The van der Waals surface area contributed by atoms with Crippen LogP contribution in [0.4, 0.5) is 36.4 Å². The molecular weight excluding hydrogens is 501 g/mol. The van der Waals surface area contributed by atoms with Gasteiger partial charge in [-0.05, 0) is 49.7 Å². The molecule has 6 nitrogen and oxygen atoms in total. The molecule has 13 heteroatoms. The van der Waals surface area contributed by atoms with Crippen LogP contribution < -0.4 is 19.5 Å². The van der Waals surface area contributed by atoms with Crippen LogP contribution in [0, 0.1) is 19.7 Å². The number of aryl methyl sites for hydroxylation is 2. The maximum Gasteiger partial charge on any atom is 0.573 e. The van der Waals surface area contributed by atoms with Gasteiger partial charge in [-0.25, -0.2) is 4.39 Å². The Bertz CT molecular complexity index is 1290. The molecule has 0 aliphatic heterocycles. The Morgan fingerprint density at radius 3 is 2.22 bits per heavy atom. The number of hydrogen-bond acceptors (Lipinski definition) is 5. The van der Waals surface area contributed by atoms with Crippen LogP contribution in [0.25, 0.3) is 0 Å². The highest BCUT2D eigenvalue weighted by Crippen LogP contribution is 2.41. The van der Waals surface area contributed by atoms with Crippen LogP contribution in [-0.4, -0.2) is 24.4 Å². The first-order valence-corrected chi connectivity index (χ1v) is 9.95. The summed E-state index contributed by atoms with van der Waals surface area (Å²) < 4.78 is 107. The summed E-state index contributed by atoms with van der Waals surface area (Å²) in [5.74, 6) is -5.15. The summed E-state index contributed by atoms with van der Waals surface area (Å²) in [6.07, 6.45) is -8.73. The summed E-state index contributed by atoms with van der Waals surface area (Å²) in [5, 5.41) is 2.33. The SMILES string of the molecule is COc1cc(OC(F)(F)F)ccc1Oc1ccc(C(F)(F)F)c(F)c1C(=O)Nc1cc(C)ncc1C. The van der Waals surface area contributed by atoms with E-state index in [4.69, 9.17) is 9.47 Å². The van der Waals surface area contributed by atoms with Gasteiger partial charge in [0.2, 0.25) is 0 Å². The summed E-state index contributed by atoms with van der Waals surface area (Å²) >= 11 is 0. The molecule has 3 rings (SSSR count). The maximum atomic E-state index is 15.0. The number of halogens is 7. The quantitative estimate of drug-likeness (QED) is 0.363. The number of benzene rings is 2. The normalized spacial score (nSPS) is 11.7. The zero-order chi connectivity index (χ0) is 26.8. The summed E-state index contributed by atoms with van der Waals surface area (Å²) in [5.41, 5.74) is -1.71. The first-order valence-electron chi connectivity index (χ1n) is 9.95. The third kappa shape index (κ3) is 6.15. The van der Waals surface area contributed by atoms with Crippen molar-refractivity contribution in [2.75, 3.05) is 12.4 Å². The number of rotatable bonds is 6. The number of aromatic nitrogens is 1. The molecular formula is C23H17F7N2O4. The van der Waals surface area contributed by atoms with Crippen LogP contribution in [0.3, 0.4) is 0 Å². The molecule has 0 bridgehead atoms. The van der Waals surface area contributed by atoms with E-state index < -0.39 is 46.9 Å². The van der Waals surface area contributed by atoms with Crippen molar-refractivity contribution in [2.24, 2.45) is 0 Å². The Kier molecular flexibility index (Phi) is 7.32. The number of hydrogen-bond donors (Lipinski definition) is 1. The molecule has 0 atom stereocenters. The van der Waals surface area contributed by atoms with Crippen molar-refractivity contribution in [3.05, 3.63) is 70.8 Å². The van der Waals surface area contributed by atoms with E-state index in [1.54, 1.807) is 13.8 Å². The van der Waals surface area contributed by atoms with Gasteiger partial charge < -0.3 is 19.5 Å². The molecule has 1 heterocycles. The Morgan fingerprint density at radius 1 is 0.944 bits per heavy atom. The second kappa shape index (κ2) is 9.91. The zero-order valence-electron chi connectivity index (χ0n) is 18.8. The van der Waals surface area contributed by atoms with Gasteiger partial charge in [-0.15, -0.1) is 13.2 Å². The number of ether oxygens (including phenoxy) is 3. The highest BCUT2D eigenvalue weighted by Gasteiger charge is 2.38. The summed E-state index contributed by atoms with van der Waals surface area (Å²) in [4.78, 5) is 17.0. The van der Waals surface area contributed by atoms with Gasteiger partial charge in [0.15, 0.2) is 17.3 Å². The molecule has 0 aliphatic carbocycles. The van der Waals surface area contributed by atoms with Gasteiger partial charge >= 0.3 is 12.5 Å². The highest BCUT2D eigenvalue weighted by atomic mass is 19.4. The molecule has 2 aromatic carbocycles. The number of methoxy groups -OCH3 is 1. The van der Waals surface area contributed by atoms with Crippen molar-refractivity contribution < 1.29 is 49.7 Å². The fourth-order valence-electron chi connectivity index (χ4n) is 3.07. The minimum absolute atomic E-state index is 0.168. The number of nitrogens with zero attached hydrogens (tertiary/aromatic N) is 1. The molecule has 192 valence electrons. The minimum Gasteiger partial charge on any atom is -0.493 e. The maximum absolute atomic E-state index is 15.0. The molecule has 0 unspecified atom stereocenters. The number of carbonyl (C=O) groups excluding carboxylic acids is 1.